The third-order valence-electron chi connectivity index (χ3n) is 4.46. The number of nitrogens with one attached hydrogen (secondary N) is 2. The monoisotopic (exact) mass is 443 g/mol. The highest BCUT2D eigenvalue weighted by molar-refractivity contribution is 7.94. The Morgan fingerprint density at radius 2 is 1.73 bits per heavy atom. The molecule has 2 N–H and O–H groups in total. The van der Waals surface area contributed by atoms with Gasteiger partial charge in [-0.3, -0.25) is 9.52 Å². The lowest BCUT2D eigenvalue weighted by Crippen LogP contribution is -2.28. The van der Waals surface area contributed by atoms with E-state index in [0.717, 1.165) is 30.8 Å². The number of benzene rings is 2. The normalized spacial score (nSPS) is 11.4. The maximum atomic E-state index is 12.3. The van der Waals surface area contributed by atoms with Crippen LogP contribution in [-0.4, -0.2) is 39.4 Å². The molecule has 0 aliphatic carbocycles. The van der Waals surface area contributed by atoms with Gasteiger partial charge in [0.1, 0.15) is 4.21 Å². The van der Waals surface area contributed by atoms with Crippen LogP contribution in [0.1, 0.15) is 22.3 Å². The number of amides is 1. The predicted octanol–water partition coefficient (Wildman–Crippen LogP) is 3.80. The summed E-state index contributed by atoms with van der Waals surface area (Å²) in [4.78, 5) is 14.5. The Morgan fingerprint density at radius 3 is 2.40 bits per heavy atom. The molecule has 158 valence electrons. The summed E-state index contributed by atoms with van der Waals surface area (Å²) in [6, 6.07) is 19.9. The summed E-state index contributed by atoms with van der Waals surface area (Å²) in [5, 5.41) is 4.62. The Bertz CT molecular complexity index is 1040. The molecule has 8 heteroatoms. The van der Waals surface area contributed by atoms with E-state index >= 15 is 0 Å². The van der Waals surface area contributed by atoms with Gasteiger partial charge in [-0.25, -0.2) is 8.42 Å². The second-order valence-corrected chi connectivity index (χ2v) is 9.80. The van der Waals surface area contributed by atoms with Gasteiger partial charge in [-0.05, 0) is 61.3 Å². The van der Waals surface area contributed by atoms with E-state index in [1.807, 2.05) is 18.2 Å². The number of hydrogen-bond acceptors (Lipinski definition) is 5. The van der Waals surface area contributed by atoms with Gasteiger partial charge in [-0.1, -0.05) is 36.4 Å². The highest BCUT2D eigenvalue weighted by Crippen LogP contribution is 2.20. The van der Waals surface area contributed by atoms with Crippen molar-refractivity contribution in [3.05, 3.63) is 83.2 Å². The molecule has 0 radical (unpaired) electrons. The molecule has 0 atom stereocenters. The quantitative estimate of drug-likeness (QED) is 0.467. The zero-order valence-electron chi connectivity index (χ0n) is 16.7. The fraction of sp³-hybridized carbons (Fsp3) is 0.227. The van der Waals surface area contributed by atoms with Crippen LogP contribution in [0.25, 0.3) is 0 Å². The SMILES string of the molecule is CN(CCCNC(=O)c1ccc(NS(=O)(=O)c2cccs2)cc1)Cc1ccccc1. The molecule has 2 aromatic carbocycles. The summed E-state index contributed by atoms with van der Waals surface area (Å²) in [6.45, 7) is 2.32. The van der Waals surface area contributed by atoms with E-state index in [4.69, 9.17) is 0 Å². The predicted molar refractivity (Wildman–Crippen MR) is 121 cm³/mol. The molecule has 1 heterocycles. The van der Waals surface area contributed by atoms with Gasteiger partial charge in [0.25, 0.3) is 15.9 Å². The van der Waals surface area contributed by atoms with Crippen LogP contribution in [-0.2, 0) is 16.6 Å². The molecule has 3 rings (SSSR count). The molecule has 0 saturated carbocycles. The molecule has 0 aliphatic rings. The number of carbonyl (C=O) groups is 1. The number of sulfonamides is 1. The van der Waals surface area contributed by atoms with E-state index in [2.05, 4.69) is 34.1 Å². The maximum absolute atomic E-state index is 12.3. The van der Waals surface area contributed by atoms with E-state index in [1.165, 1.54) is 5.56 Å². The molecular formula is C22H25N3O3S2. The largest absolute Gasteiger partial charge is 0.352 e. The molecular weight excluding hydrogens is 418 g/mol. The number of anilines is 1. The van der Waals surface area contributed by atoms with Crippen molar-refractivity contribution in [1.82, 2.24) is 10.2 Å². The minimum Gasteiger partial charge on any atom is -0.352 e. The van der Waals surface area contributed by atoms with Gasteiger partial charge >= 0.3 is 0 Å². The second kappa shape index (κ2) is 10.4. The van der Waals surface area contributed by atoms with Crippen molar-refractivity contribution in [2.24, 2.45) is 0 Å². The third kappa shape index (κ3) is 6.41. The van der Waals surface area contributed by atoms with Crippen molar-refractivity contribution in [3.63, 3.8) is 0 Å². The van der Waals surface area contributed by atoms with E-state index in [9.17, 15) is 13.2 Å². The fourth-order valence-corrected chi connectivity index (χ4v) is 4.99. The van der Waals surface area contributed by atoms with E-state index in [-0.39, 0.29) is 10.1 Å². The smallest absolute Gasteiger partial charge is 0.271 e. The zero-order valence-corrected chi connectivity index (χ0v) is 18.4. The molecule has 0 bridgehead atoms. The van der Waals surface area contributed by atoms with Crippen molar-refractivity contribution in [3.8, 4) is 0 Å². The number of nitrogens with zero attached hydrogens (tertiary/aromatic N) is 1. The Balaban J connectivity index is 1.42. The summed E-state index contributed by atoms with van der Waals surface area (Å²) in [7, 11) is -1.53. The molecule has 0 saturated heterocycles. The third-order valence-corrected chi connectivity index (χ3v) is 7.24. The molecule has 1 aromatic heterocycles. The average Bonchev–Trinajstić information content (AvgIpc) is 3.28. The van der Waals surface area contributed by atoms with E-state index < -0.39 is 10.0 Å². The Labute approximate surface area is 181 Å². The van der Waals surface area contributed by atoms with Crippen LogP contribution >= 0.6 is 11.3 Å². The minimum absolute atomic E-state index is 0.173. The van der Waals surface area contributed by atoms with Gasteiger partial charge in [-0.15, -0.1) is 11.3 Å². The Kier molecular flexibility index (Phi) is 7.62. The summed E-state index contributed by atoms with van der Waals surface area (Å²) in [6.07, 6.45) is 0.841. The summed E-state index contributed by atoms with van der Waals surface area (Å²) in [5.74, 6) is -0.173. The average molecular weight is 444 g/mol. The molecule has 0 spiro atoms. The van der Waals surface area contributed by atoms with Crippen LogP contribution < -0.4 is 10.0 Å². The van der Waals surface area contributed by atoms with Crippen LogP contribution in [0.5, 0.6) is 0 Å². The standard InChI is InChI=1S/C22H25N3O3S2/c1-25(17-18-7-3-2-4-8-18)15-6-14-23-22(26)19-10-12-20(13-11-19)24-30(27,28)21-9-5-16-29-21/h2-5,7-13,16,24H,6,14-15,17H2,1H3,(H,23,26). The van der Waals surface area contributed by atoms with Gasteiger partial charge in [0.15, 0.2) is 0 Å². The van der Waals surface area contributed by atoms with Crippen molar-refractivity contribution >= 4 is 33.0 Å². The summed E-state index contributed by atoms with van der Waals surface area (Å²) in [5.41, 5.74) is 2.17. The lowest BCUT2D eigenvalue weighted by Gasteiger charge is -2.16. The molecule has 0 unspecified atom stereocenters. The molecule has 30 heavy (non-hydrogen) atoms. The topological polar surface area (TPSA) is 78.5 Å². The van der Waals surface area contributed by atoms with Crippen molar-refractivity contribution in [2.45, 2.75) is 17.2 Å². The van der Waals surface area contributed by atoms with Gasteiger partial charge in [0.05, 0.1) is 0 Å². The van der Waals surface area contributed by atoms with E-state index in [1.54, 1.807) is 41.8 Å². The van der Waals surface area contributed by atoms with Gasteiger partial charge in [-0.2, -0.15) is 0 Å². The first kappa shape index (κ1) is 22.0. The molecule has 0 fully saturated rings. The first-order valence-corrected chi connectivity index (χ1v) is 12.0. The number of hydrogen-bond donors (Lipinski definition) is 2. The molecule has 1 amide bonds. The van der Waals surface area contributed by atoms with Crippen LogP contribution in [0.2, 0.25) is 0 Å². The first-order chi connectivity index (χ1) is 14.4. The van der Waals surface area contributed by atoms with Crippen molar-refractivity contribution < 1.29 is 13.2 Å². The van der Waals surface area contributed by atoms with Crippen LogP contribution in [0.4, 0.5) is 5.69 Å². The lowest BCUT2D eigenvalue weighted by atomic mass is 10.2. The van der Waals surface area contributed by atoms with Gasteiger partial charge < -0.3 is 10.2 Å². The van der Waals surface area contributed by atoms with Crippen molar-refractivity contribution in [1.29, 1.82) is 0 Å². The minimum atomic E-state index is -3.59. The van der Waals surface area contributed by atoms with Gasteiger partial charge in [0.2, 0.25) is 0 Å². The maximum Gasteiger partial charge on any atom is 0.271 e. The molecule has 3 aromatic rings. The molecule has 6 nitrogen and oxygen atoms in total. The highest BCUT2D eigenvalue weighted by Gasteiger charge is 2.15. The number of rotatable bonds is 10. The first-order valence-electron chi connectivity index (χ1n) is 9.61. The Morgan fingerprint density at radius 1 is 1.00 bits per heavy atom. The Hall–Kier alpha value is -2.68. The number of carbonyl (C=O) groups excluding carboxylic acids is 1. The van der Waals surface area contributed by atoms with Crippen LogP contribution in [0.3, 0.4) is 0 Å². The summed E-state index contributed by atoms with van der Waals surface area (Å²) >= 11 is 1.15. The van der Waals surface area contributed by atoms with Crippen molar-refractivity contribution in [2.75, 3.05) is 24.9 Å². The van der Waals surface area contributed by atoms with E-state index in [0.29, 0.717) is 17.8 Å². The fourth-order valence-electron chi connectivity index (χ4n) is 2.94. The highest BCUT2D eigenvalue weighted by atomic mass is 32.2. The van der Waals surface area contributed by atoms with Crippen LogP contribution in [0, 0.1) is 0 Å². The van der Waals surface area contributed by atoms with Gasteiger partial charge in [0, 0.05) is 24.3 Å². The number of thiophene rings is 1. The summed E-state index contributed by atoms with van der Waals surface area (Å²) < 4.78 is 27.3. The lowest BCUT2D eigenvalue weighted by molar-refractivity contribution is 0.0952. The van der Waals surface area contributed by atoms with Crippen LogP contribution in [0.15, 0.2) is 76.3 Å². The zero-order chi connectivity index (χ0) is 21.4. The molecule has 0 aliphatic heterocycles. The second-order valence-electron chi connectivity index (χ2n) is 6.95.